The fourth-order valence-corrected chi connectivity index (χ4v) is 0.479. The fourth-order valence-electron chi connectivity index (χ4n) is 0.433. The second-order valence-electron chi connectivity index (χ2n) is 2.20. The third-order valence-electron chi connectivity index (χ3n) is 1.41. The molecule has 0 saturated carbocycles. The number of nitrogens with one attached hydrogen (secondary N) is 2. The van der Waals surface area contributed by atoms with Gasteiger partial charge in [-0.25, -0.2) is 0 Å². The van der Waals surface area contributed by atoms with E-state index in [0.29, 0.717) is 5.11 Å². The zero-order chi connectivity index (χ0) is 9.56. The van der Waals surface area contributed by atoms with Crippen LogP contribution < -0.4 is 10.7 Å². The lowest BCUT2D eigenvalue weighted by Gasteiger charge is -2.02. The Kier molecular flexibility index (Phi) is 5.19. The number of thiocarbonyl (C=S) groups is 1. The number of aliphatic imine (C=N–C) groups is 1. The van der Waals surface area contributed by atoms with Crippen LogP contribution in [0, 0.1) is 0 Å². The van der Waals surface area contributed by atoms with Crippen molar-refractivity contribution in [3.05, 3.63) is 0 Å². The van der Waals surface area contributed by atoms with Crippen LogP contribution >= 0.6 is 12.2 Å². The Morgan fingerprint density at radius 1 is 1.25 bits per heavy atom. The lowest BCUT2D eigenvalue weighted by molar-refractivity contribution is 0.976. The summed E-state index contributed by atoms with van der Waals surface area (Å²) in [4.78, 5) is 3.97. The Bertz CT molecular complexity index is 219. The van der Waals surface area contributed by atoms with E-state index in [1.807, 2.05) is 13.8 Å². The minimum Gasteiger partial charge on any atom is -0.364 e. The average Bonchev–Trinajstić information content (AvgIpc) is 2.11. The zero-order valence-corrected chi connectivity index (χ0v) is 8.62. The van der Waals surface area contributed by atoms with Crippen molar-refractivity contribution < 1.29 is 0 Å². The molecular weight excluding hydrogens is 172 g/mol. The molecule has 0 aliphatic heterocycles. The van der Waals surface area contributed by atoms with Gasteiger partial charge in [0.2, 0.25) is 0 Å². The zero-order valence-electron chi connectivity index (χ0n) is 7.80. The lowest BCUT2D eigenvalue weighted by atomic mass is 10.3. The molecule has 0 atom stereocenters. The van der Waals surface area contributed by atoms with Crippen LogP contribution in [0.3, 0.4) is 0 Å². The van der Waals surface area contributed by atoms with Crippen LogP contribution in [0.4, 0.5) is 0 Å². The molecule has 0 aliphatic rings. The van der Waals surface area contributed by atoms with Crippen molar-refractivity contribution in [2.24, 2.45) is 10.1 Å². The summed E-state index contributed by atoms with van der Waals surface area (Å²) in [6.45, 7) is 3.76. The van der Waals surface area contributed by atoms with Crippen LogP contribution in [0.5, 0.6) is 0 Å². The van der Waals surface area contributed by atoms with Gasteiger partial charge in [-0.2, -0.15) is 5.10 Å². The monoisotopic (exact) mass is 186 g/mol. The van der Waals surface area contributed by atoms with Gasteiger partial charge in [0.15, 0.2) is 5.11 Å². The molecule has 0 rings (SSSR count). The van der Waals surface area contributed by atoms with E-state index in [2.05, 4.69) is 20.8 Å². The SMILES string of the molecule is C/N=C(C)/C(C)=N/NC(=S)NC. The Morgan fingerprint density at radius 2 is 1.83 bits per heavy atom. The normalized spacial score (nSPS) is 12.7. The molecule has 0 aromatic rings. The standard InChI is InChI=1S/C7H14N4S/c1-5(8-3)6(2)10-11-7(12)9-4/h1-4H3,(H2,9,11,12)/b8-5+,10-6+. The van der Waals surface area contributed by atoms with Gasteiger partial charge in [0, 0.05) is 14.1 Å². The first kappa shape index (κ1) is 11.0. The highest BCUT2D eigenvalue weighted by atomic mass is 32.1. The molecule has 0 amide bonds. The molecule has 0 radical (unpaired) electrons. The number of hydrogen-bond acceptors (Lipinski definition) is 3. The largest absolute Gasteiger partial charge is 0.364 e. The second kappa shape index (κ2) is 5.65. The molecule has 0 fully saturated rings. The number of hydrazone groups is 1. The summed E-state index contributed by atoms with van der Waals surface area (Å²) >= 11 is 4.83. The molecule has 0 aliphatic carbocycles. The van der Waals surface area contributed by atoms with Crippen molar-refractivity contribution >= 4 is 28.8 Å². The number of hydrogen-bond donors (Lipinski definition) is 2. The van der Waals surface area contributed by atoms with Crippen molar-refractivity contribution in [2.75, 3.05) is 14.1 Å². The molecule has 2 N–H and O–H groups in total. The van der Waals surface area contributed by atoms with E-state index in [0.717, 1.165) is 11.4 Å². The molecule has 0 bridgehead atoms. The van der Waals surface area contributed by atoms with Gasteiger partial charge in [-0.1, -0.05) is 0 Å². The first-order valence-corrected chi connectivity index (χ1v) is 3.98. The topological polar surface area (TPSA) is 48.8 Å². The van der Waals surface area contributed by atoms with Crippen molar-refractivity contribution in [3.63, 3.8) is 0 Å². The number of nitrogens with zero attached hydrogens (tertiary/aromatic N) is 2. The van der Waals surface area contributed by atoms with Crippen LogP contribution in [0.2, 0.25) is 0 Å². The van der Waals surface area contributed by atoms with Gasteiger partial charge in [0.1, 0.15) is 0 Å². The molecule has 0 unspecified atom stereocenters. The molecule has 0 aromatic heterocycles. The Hall–Kier alpha value is -0.970. The van der Waals surface area contributed by atoms with Gasteiger partial charge >= 0.3 is 0 Å². The maximum atomic E-state index is 4.83. The summed E-state index contributed by atoms with van der Waals surface area (Å²) in [7, 11) is 3.46. The highest BCUT2D eigenvalue weighted by Gasteiger charge is 1.94. The minimum absolute atomic E-state index is 0.498. The first-order valence-electron chi connectivity index (χ1n) is 3.57. The van der Waals surface area contributed by atoms with Crippen LogP contribution in [0.1, 0.15) is 13.8 Å². The van der Waals surface area contributed by atoms with E-state index in [1.165, 1.54) is 0 Å². The van der Waals surface area contributed by atoms with Crippen molar-refractivity contribution in [3.8, 4) is 0 Å². The Balaban J connectivity index is 4.10. The van der Waals surface area contributed by atoms with Gasteiger partial charge in [-0.3, -0.25) is 10.4 Å². The quantitative estimate of drug-likeness (QED) is 0.376. The smallest absolute Gasteiger partial charge is 0.186 e. The Morgan fingerprint density at radius 3 is 2.25 bits per heavy atom. The third-order valence-corrected chi connectivity index (χ3v) is 1.71. The fraction of sp³-hybridized carbons (Fsp3) is 0.571. The van der Waals surface area contributed by atoms with Gasteiger partial charge in [-0.05, 0) is 26.1 Å². The molecular formula is C7H14N4S. The van der Waals surface area contributed by atoms with Crippen molar-refractivity contribution in [2.45, 2.75) is 13.8 Å². The van der Waals surface area contributed by atoms with Gasteiger partial charge in [0.05, 0.1) is 11.4 Å². The van der Waals surface area contributed by atoms with Crippen LogP contribution in [-0.2, 0) is 0 Å². The molecule has 5 heteroatoms. The second-order valence-corrected chi connectivity index (χ2v) is 2.61. The van der Waals surface area contributed by atoms with Gasteiger partial charge < -0.3 is 5.32 Å². The first-order chi connectivity index (χ1) is 5.61. The van der Waals surface area contributed by atoms with E-state index in [-0.39, 0.29) is 0 Å². The third kappa shape index (κ3) is 4.02. The summed E-state index contributed by atoms with van der Waals surface area (Å²) < 4.78 is 0. The summed E-state index contributed by atoms with van der Waals surface area (Å²) in [6.07, 6.45) is 0. The van der Waals surface area contributed by atoms with Gasteiger partial charge in [0.25, 0.3) is 0 Å². The van der Waals surface area contributed by atoms with E-state index in [9.17, 15) is 0 Å². The maximum absolute atomic E-state index is 4.83. The summed E-state index contributed by atoms with van der Waals surface area (Å²) in [5.74, 6) is 0. The van der Waals surface area contributed by atoms with E-state index < -0.39 is 0 Å². The molecule has 0 saturated heterocycles. The van der Waals surface area contributed by atoms with E-state index in [1.54, 1.807) is 14.1 Å². The highest BCUT2D eigenvalue weighted by Crippen LogP contribution is 1.81. The predicted octanol–water partition coefficient (Wildman–Crippen LogP) is 0.547. The van der Waals surface area contributed by atoms with Crippen LogP contribution in [0.25, 0.3) is 0 Å². The minimum atomic E-state index is 0.498. The number of rotatable bonds is 2. The summed E-state index contributed by atoms with van der Waals surface area (Å²) in [5.41, 5.74) is 4.39. The van der Waals surface area contributed by atoms with Gasteiger partial charge in [-0.15, -0.1) is 0 Å². The molecule has 12 heavy (non-hydrogen) atoms. The summed E-state index contributed by atoms with van der Waals surface area (Å²) in [6, 6.07) is 0. The summed E-state index contributed by atoms with van der Waals surface area (Å²) in [5, 5.41) is 7.25. The predicted molar refractivity (Wildman–Crippen MR) is 56.9 cm³/mol. The molecule has 4 nitrogen and oxygen atoms in total. The molecule has 0 heterocycles. The Labute approximate surface area is 78.1 Å². The van der Waals surface area contributed by atoms with Crippen LogP contribution in [-0.4, -0.2) is 30.6 Å². The molecule has 68 valence electrons. The van der Waals surface area contributed by atoms with Crippen molar-refractivity contribution in [1.82, 2.24) is 10.7 Å². The van der Waals surface area contributed by atoms with Crippen LogP contribution in [0.15, 0.2) is 10.1 Å². The molecule has 0 aromatic carbocycles. The highest BCUT2D eigenvalue weighted by molar-refractivity contribution is 7.80. The lowest BCUT2D eigenvalue weighted by Crippen LogP contribution is -2.29. The molecule has 0 spiro atoms. The van der Waals surface area contributed by atoms with E-state index >= 15 is 0 Å². The average molecular weight is 186 g/mol. The van der Waals surface area contributed by atoms with E-state index in [4.69, 9.17) is 12.2 Å². The maximum Gasteiger partial charge on any atom is 0.186 e. The van der Waals surface area contributed by atoms with Crippen molar-refractivity contribution in [1.29, 1.82) is 0 Å².